The monoisotopic (exact) mass is 599 g/mol. The summed E-state index contributed by atoms with van der Waals surface area (Å²) in [5.41, 5.74) is 5.22. The molecule has 1 aliphatic carbocycles. The molecule has 0 saturated heterocycles. The van der Waals surface area contributed by atoms with Crippen molar-refractivity contribution < 1.29 is 36.0 Å². The lowest BCUT2D eigenvalue weighted by Gasteiger charge is -2.28. The SMILES string of the molecule is Nc1ccc(/C=C/C(=O)NCc2cc3cc(-c4ccc(C(=O)NC5CCC(F)(F)CC5)cn4)cc(C(F)(F)F)c3o2)cn1. The zero-order valence-corrected chi connectivity index (χ0v) is 22.6. The predicted octanol–water partition coefficient (Wildman–Crippen LogP) is 6.13. The van der Waals surface area contributed by atoms with Crippen LogP contribution in [0.15, 0.2) is 65.4 Å². The maximum absolute atomic E-state index is 14.0. The minimum atomic E-state index is -4.75. The van der Waals surface area contributed by atoms with Crippen molar-refractivity contribution in [2.24, 2.45) is 0 Å². The van der Waals surface area contributed by atoms with Gasteiger partial charge in [0.15, 0.2) is 0 Å². The average Bonchev–Trinajstić information content (AvgIpc) is 3.39. The number of fused-ring (bicyclic) bond motifs is 1. The van der Waals surface area contributed by atoms with Crippen LogP contribution >= 0.6 is 0 Å². The number of nitrogens with one attached hydrogen (secondary N) is 2. The summed E-state index contributed by atoms with van der Waals surface area (Å²) in [5.74, 6) is -3.28. The number of rotatable bonds is 7. The van der Waals surface area contributed by atoms with Crippen molar-refractivity contribution in [3.63, 3.8) is 0 Å². The van der Waals surface area contributed by atoms with Gasteiger partial charge in [-0.2, -0.15) is 13.2 Å². The molecule has 4 N–H and O–H groups in total. The fourth-order valence-corrected chi connectivity index (χ4v) is 4.72. The Labute approximate surface area is 242 Å². The molecule has 224 valence electrons. The summed E-state index contributed by atoms with van der Waals surface area (Å²) < 4.78 is 74.2. The molecule has 1 aliphatic rings. The largest absolute Gasteiger partial charge is 0.459 e. The van der Waals surface area contributed by atoms with Gasteiger partial charge in [0.05, 0.1) is 23.4 Å². The Morgan fingerprint density at radius 3 is 2.47 bits per heavy atom. The number of benzene rings is 1. The molecule has 1 aromatic carbocycles. The summed E-state index contributed by atoms with van der Waals surface area (Å²) in [6.45, 7) is -0.162. The normalized spacial score (nSPS) is 15.6. The van der Waals surface area contributed by atoms with Gasteiger partial charge in [0.1, 0.15) is 17.2 Å². The second-order valence-corrected chi connectivity index (χ2v) is 10.3. The molecular formula is C30H26F5N5O3. The number of amides is 2. The number of aromatic nitrogens is 2. The van der Waals surface area contributed by atoms with Crippen molar-refractivity contribution >= 4 is 34.7 Å². The summed E-state index contributed by atoms with van der Waals surface area (Å²) >= 11 is 0. The highest BCUT2D eigenvalue weighted by Gasteiger charge is 2.36. The molecule has 0 bridgehead atoms. The Morgan fingerprint density at radius 2 is 1.81 bits per heavy atom. The van der Waals surface area contributed by atoms with E-state index in [0.717, 1.165) is 6.07 Å². The predicted molar refractivity (Wildman–Crippen MR) is 149 cm³/mol. The minimum absolute atomic E-state index is 0.106. The van der Waals surface area contributed by atoms with Crippen LogP contribution in [0, 0.1) is 0 Å². The molecule has 1 saturated carbocycles. The Morgan fingerprint density at radius 1 is 1.05 bits per heavy atom. The van der Waals surface area contributed by atoms with E-state index < -0.39 is 35.1 Å². The quantitative estimate of drug-likeness (QED) is 0.174. The van der Waals surface area contributed by atoms with Crippen molar-refractivity contribution in [3.05, 3.63) is 83.4 Å². The summed E-state index contributed by atoms with van der Waals surface area (Å²) in [6.07, 6.45) is 0.406. The van der Waals surface area contributed by atoms with Crippen LogP contribution in [0.5, 0.6) is 0 Å². The molecule has 4 aromatic rings. The van der Waals surface area contributed by atoms with E-state index in [1.165, 1.54) is 48.8 Å². The lowest BCUT2D eigenvalue weighted by Crippen LogP contribution is -2.40. The van der Waals surface area contributed by atoms with Gasteiger partial charge < -0.3 is 20.8 Å². The van der Waals surface area contributed by atoms with Crippen LogP contribution in [0.2, 0.25) is 0 Å². The molecule has 3 heterocycles. The van der Waals surface area contributed by atoms with Crippen LogP contribution in [-0.4, -0.2) is 33.7 Å². The first-order chi connectivity index (χ1) is 20.4. The van der Waals surface area contributed by atoms with Crippen molar-refractivity contribution in [1.29, 1.82) is 0 Å². The summed E-state index contributed by atoms with van der Waals surface area (Å²) in [6, 6.07) is 9.45. The third kappa shape index (κ3) is 7.34. The van der Waals surface area contributed by atoms with Crippen LogP contribution in [-0.2, 0) is 17.5 Å². The molecule has 43 heavy (non-hydrogen) atoms. The number of nitrogens with zero attached hydrogens (tertiary/aromatic N) is 2. The number of anilines is 1. The van der Waals surface area contributed by atoms with Crippen LogP contribution in [0.3, 0.4) is 0 Å². The number of halogens is 5. The van der Waals surface area contributed by atoms with Crippen molar-refractivity contribution in [2.75, 3.05) is 5.73 Å². The van der Waals surface area contributed by atoms with Gasteiger partial charge in [0.25, 0.3) is 5.91 Å². The van der Waals surface area contributed by atoms with E-state index in [9.17, 15) is 31.5 Å². The highest BCUT2D eigenvalue weighted by Crippen LogP contribution is 2.39. The number of alkyl halides is 5. The fraction of sp³-hybridized carbons (Fsp3) is 0.267. The number of hydrogen-bond donors (Lipinski definition) is 3. The topological polar surface area (TPSA) is 123 Å². The van der Waals surface area contributed by atoms with Crippen molar-refractivity contribution in [1.82, 2.24) is 20.6 Å². The van der Waals surface area contributed by atoms with Gasteiger partial charge in [-0.1, -0.05) is 0 Å². The van der Waals surface area contributed by atoms with Crippen LogP contribution in [0.1, 0.15) is 52.9 Å². The van der Waals surface area contributed by atoms with Gasteiger partial charge in [0.2, 0.25) is 11.8 Å². The molecule has 0 atom stereocenters. The molecule has 2 amide bonds. The number of carbonyl (C=O) groups is 2. The van der Waals surface area contributed by atoms with Crippen molar-refractivity contribution in [2.45, 2.75) is 50.4 Å². The maximum atomic E-state index is 14.0. The minimum Gasteiger partial charge on any atom is -0.459 e. The Hall–Kier alpha value is -4.81. The number of nitrogen functional groups attached to an aromatic ring is 1. The molecule has 8 nitrogen and oxygen atoms in total. The van der Waals surface area contributed by atoms with Crippen molar-refractivity contribution in [3.8, 4) is 11.3 Å². The first-order valence-corrected chi connectivity index (χ1v) is 13.3. The molecule has 13 heteroatoms. The first-order valence-electron chi connectivity index (χ1n) is 13.3. The van der Waals surface area contributed by atoms with E-state index >= 15 is 0 Å². The van der Waals surface area contributed by atoms with Gasteiger partial charge >= 0.3 is 6.18 Å². The number of furan rings is 1. The Balaban J connectivity index is 1.30. The summed E-state index contributed by atoms with van der Waals surface area (Å²) in [5, 5.41) is 5.42. The highest BCUT2D eigenvalue weighted by molar-refractivity contribution is 5.95. The van der Waals surface area contributed by atoms with Crippen LogP contribution in [0.4, 0.5) is 27.8 Å². The zero-order valence-electron chi connectivity index (χ0n) is 22.6. The average molecular weight is 600 g/mol. The van der Waals surface area contributed by atoms with E-state index in [4.69, 9.17) is 10.2 Å². The molecule has 0 radical (unpaired) electrons. The third-order valence-electron chi connectivity index (χ3n) is 7.02. The molecule has 1 fully saturated rings. The van der Waals surface area contributed by atoms with Gasteiger partial charge in [-0.15, -0.1) is 0 Å². The highest BCUT2D eigenvalue weighted by atomic mass is 19.4. The van der Waals surface area contributed by atoms with E-state index in [2.05, 4.69) is 20.6 Å². The maximum Gasteiger partial charge on any atom is 0.420 e. The lowest BCUT2D eigenvalue weighted by molar-refractivity contribution is -0.136. The fourth-order valence-electron chi connectivity index (χ4n) is 4.72. The number of carbonyl (C=O) groups excluding carboxylic acids is 2. The van der Waals surface area contributed by atoms with Crippen LogP contribution < -0.4 is 16.4 Å². The molecule has 5 rings (SSSR count). The molecule has 0 aliphatic heterocycles. The van der Waals surface area contributed by atoms with E-state index in [1.54, 1.807) is 12.1 Å². The number of nitrogens with two attached hydrogens (primary N) is 1. The molecule has 3 aromatic heterocycles. The zero-order chi connectivity index (χ0) is 30.8. The lowest BCUT2D eigenvalue weighted by atomic mass is 9.92. The summed E-state index contributed by atoms with van der Waals surface area (Å²) in [7, 11) is 0. The van der Waals surface area contributed by atoms with E-state index in [1.807, 2.05) is 0 Å². The molecular weight excluding hydrogens is 573 g/mol. The molecule has 0 spiro atoms. The van der Waals surface area contributed by atoms with Gasteiger partial charge in [-0.05, 0) is 66.9 Å². The number of hydrogen-bond acceptors (Lipinski definition) is 6. The second-order valence-electron chi connectivity index (χ2n) is 10.3. The van der Waals surface area contributed by atoms with Gasteiger partial charge in [-0.3, -0.25) is 14.6 Å². The Bertz CT molecular complexity index is 1650. The van der Waals surface area contributed by atoms with E-state index in [-0.39, 0.29) is 66.2 Å². The third-order valence-corrected chi connectivity index (χ3v) is 7.02. The van der Waals surface area contributed by atoms with Gasteiger partial charge in [0, 0.05) is 48.3 Å². The molecule has 0 unspecified atom stereocenters. The second kappa shape index (κ2) is 11.8. The van der Waals surface area contributed by atoms with E-state index in [0.29, 0.717) is 11.4 Å². The first kappa shape index (κ1) is 29.7. The Kier molecular flexibility index (Phi) is 8.16. The smallest absolute Gasteiger partial charge is 0.420 e. The standard InChI is InChI=1S/C30H26F5N5O3/c31-29(32)9-7-21(8-10-29)40-28(42)18-3-4-24(37-15-18)19-11-20-12-22(43-27(20)23(13-19)30(33,34)35)16-39-26(41)6-2-17-1-5-25(36)38-14-17/h1-6,11-15,21H,7-10,16H2,(H2,36,38)(H,39,41)(H,40,42)/b6-2+. The summed E-state index contributed by atoms with van der Waals surface area (Å²) in [4.78, 5) is 32.9. The van der Waals surface area contributed by atoms with Gasteiger partial charge in [-0.25, -0.2) is 13.8 Å². The number of pyridine rings is 2. The van der Waals surface area contributed by atoms with Crippen LogP contribution in [0.25, 0.3) is 28.3 Å².